The Labute approximate surface area is 119 Å². The molecule has 1 aliphatic rings. The van der Waals surface area contributed by atoms with E-state index < -0.39 is 0 Å². The van der Waals surface area contributed by atoms with Crippen molar-refractivity contribution in [1.29, 1.82) is 0 Å². The Balaban J connectivity index is 1.73. The van der Waals surface area contributed by atoms with Gasteiger partial charge in [0.15, 0.2) is 5.76 Å². The predicted octanol–water partition coefficient (Wildman–Crippen LogP) is 3.28. The van der Waals surface area contributed by atoms with E-state index >= 15 is 0 Å². The number of likely N-dealkylation sites (tertiary alicyclic amines) is 1. The summed E-state index contributed by atoms with van der Waals surface area (Å²) in [7, 11) is 0. The van der Waals surface area contributed by atoms with Crippen LogP contribution in [0.25, 0.3) is 0 Å². The van der Waals surface area contributed by atoms with Crippen LogP contribution >= 0.6 is 0 Å². The number of rotatable bonds is 4. The molecule has 0 radical (unpaired) electrons. The number of aromatic hydroxyl groups is 1. The first-order valence-electron chi connectivity index (χ1n) is 7.23. The van der Waals surface area contributed by atoms with Crippen LogP contribution < -0.4 is 0 Å². The smallest absolute Gasteiger partial charge is 0.154 e. The molecule has 2 aromatic rings. The lowest BCUT2D eigenvalue weighted by Gasteiger charge is -2.22. The fourth-order valence-electron chi connectivity index (χ4n) is 2.83. The summed E-state index contributed by atoms with van der Waals surface area (Å²) in [5, 5.41) is 13.4. The van der Waals surface area contributed by atoms with Crippen molar-refractivity contribution in [2.45, 2.75) is 38.8 Å². The van der Waals surface area contributed by atoms with Crippen molar-refractivity contribution in [2.75, 3.05) is 6.54 Å². The Kier molecular flexibility index (Phi) is 3.74. The van der Waals surface area contributed by atoms with Crippen LogP contribution in [0.3, 0.4) is 0 Å². The standard InChI is InChI=1S/C16H20N2O2/c1-2-13-10-16(20-17-13)15-4-3-9-18(15)11-12-5-7-14(19)8-6-12/h5-8,10,15,19H,2-4,9,11H2,1H3. The largest absolute Gasteiger partial charge is 0.508 e. The third kappa shape index (κ3) is 2.70. The van der Waals surface area contributed by atoms with Gasteiger partial charge in [-0.15, -0.1) is 0 Å². The molecule has 2 heterocycles. The van der Waals surface area contributed by atoms with E-state index in [1.807, 2.05) is 12.1 Å². The molecule has 1 saturated heterocycles. The van der Waals surface area contributed by atoms with Gasteiger partial charge >= 0.3 is 0 Å². The lowest BCUT2D eigenvalue weighted by molar-refractivity contribution is 0.206. The summed E-state index contributed by atoms with van der Waals surface area (Å²) < 4.78 is 5.49. The molecular weight excluding hydrogens is 252 g/mol. The molecule has 106 valence electrons. The summed E-state index contributed by atoms with van der Waals surface area (Å²) in [4.78, 5) is 2.42. The molecule has 1 atom stereocenters. The second-order valence-corrected chi connectivity index (χ2v) is 5.37. The van der Waals surface area contributed by atoms with Gasteiger partial charge in [0.1, 0.15) is 5.75 Å². The van der Waals surface area contributed by atoms with E-state index in [1.54, 1.807) is 12.1 Å². The van der Waals surface area contributed by atoms with Crippen molar-refractivity contribution in [3.63, 3.8) is 0 Å². The van der Waals surface area contributed by atoms with Crippen molar-refractivity contribution in [3.05, 3.63) is 47.3 Å². The van der Waals surface area contributed by atoms with E-state index in [0.717, 1.165) is 37.4 Å². The van der Waals surface area contributed by atoms with Gasteiger partial charge < -0.3 is 9.63 Å². The van der Waals surface area contributed by atoms with Gasteiger partial charge in [-0.25, -0.2) is 0 Å². The predicted molar refractivity (Wildman–Crippen MR) is 76.4 cm³/mol. The quantitative estimate of drug-likeness (QED) is 0.928. The van der Waals surface area contributed by atoms with Crippen LogP contribution in [0.5, 0.6) is 5.75 Å². The van der Waals surface area contributed by atoms with Crippen LogP contribution in [0, 0.1) is 0 Å². The van der Waals surface area contributed by atoms with Gasteiger partial charge in [-0.3, -0.25) is 4.90 Å². The van der Waals surface area contributed by atoms with Crippen LogP contribution in [0.1, 0.15) is 42.8 Å². The third-order valence-corrected chi connectivity index (χ3v) is 3.95. The maximum atomic E-state index is 9.34. The highest BCUT2D eigenvalue weighted by molar-refractivity contribution is 5.26. The first-order valence-corrected chi connectivity index (χ1v) is 7.23. The Morgan fingerprint density at radius 2 is 2.15 bits per heavy atom. The zero-order valence-electron chi connectivity index (χ0n) is 11.7. The molecule has 0 amide bonds. The number of hydrogen-bond donors (Lipinski definition) is 1. The molecule has 1 aliphatic heterocycles. The summed E-state index contributed by atoms with van der Waals surface area (Å²) in [6.45, 7) is 4.05. The highest BCUT2D eigenvalue weighted by atomic mass is 16.5. The Morgan fingerprint density at radius 3 is 2.85 bits per heavy atom. The second-order valence-electron chi connectivity index (χ2n) is 5.37. The highest BCUT2D eigenvalue weighted by Crippen LogP contribution is 2.33. The first-order chi connectivity index (χ1) is 9.76. The first kappa shape index (κ1) is 13.2. The van der Waals surface area contributed by atoms with Gasteiger partial charge in [0.2, 0.25) is 0 Å². The number of nitrogens with zero attached hydrogens (tertiary/aromatic N) is 2. The molecule has 0 aliphatic carbocycles. The SMILES string of the molecule is CCc1cc(C2CCCN2Cc2ccc(O)cc2)on1. The van der Waals surface area contributed by atoms with Gasteiger partial charge in [-0.05, 0) is 43.5 Å². The molecule has 1 unspecified atom stereocenters. The normalized spacial score (nSPS) is 19.6. The minimum absolute atomic E-state index is 0.314. The van der Waals surface area contributed by atoms with Crippen LogP contribution in [-0.4, -0.2) is 21.7 Å². The molecule has 20 heavy (non-hydrogen) atoms. The second kappa shape index (κ2) is 5.67. The van der Waals surface area contributed by atoms with Gasteiger partial charge in [-0.1, -0.05) is 24.2 Å². The maximum Gasteiger partial charge on any atom is 0.154 e. The average molecular weight is 272 g/mol. The number of aromatic nitrogens is 1. The van der Waals surface area contributed by atoms with Gasteiger partial charge in [0.05, 0.1) is 11.7 Å². The van der Waals surface area contributed by atoms with Crippen molar-refractivity contribution in [2.24, 2.45) is 0 Å². The van der Waals surface area contributed by atoms with Gasteiger partial charge in [0, 0.05) is 12.6 Å². The van der Waals surface area contributed by atoms with Crippen LogP contribution in [-0.2, 0) is 13.0 Å². The molecule has 1 aromatic carbocycles. The van der Waals surface area contributed by atoms with Gasteiger partial charge in [-0.2, -0.15) is 0 Å². The zero-order valence-corrected chi connectivity index (χ0v) is 11.7. The lowest BCUT2D eigenvalue weighted by Crippen LogP contribution is -2.22. The molecule has 1 aromatic heterocycles. The van der Waals surface area contributed by atoms with E-state index in [4.69, 9.17) is 4.52 Å². The zero-order chi connectivity index (χ0) is 13.9. The van der Waals surface area contributed by atoms with Crippen molar-refractivity contribution in [3.8, 4) is 5.75 Å². The van der Waals surface area contributed by atoms with E-state index in [0.29, 0.717) is 11.8 Å². The van der Waals surface area contributed by atoms with E-state index in [9.17, 15) is 5.11 Å². The fraction of sp³-hybridized carbons (Fsp3) is 0.438. The maximum absolute atomic E-state index is 9.34. The molecular formula is C16H20N2O2. The molecule has 0 saturated carbocycles. The summed E-state index contributed by atoms with van der Waals surface area (Å²) in [6.07, 6.45) is 3.22. The minimum Gasteiger partial charge on any atom is -0.508 e. The summed E-state index contributed by atoms with van der Waals surface area (Å²) in [6, 6.07) is 9.84. The molecule has 1 N–H and O–H groups in total. The summed E-state index contributed by atoms with van der Waals surface area (Å²) >= 11 is 0. The monoisotopic (exact) mass is 272 g/mol. The number of phenols is 1. The Bertz CT molecular complexity index is 562. The van der Waals surface area contributed by atoms with E-state index in [1.165, 1.54) is 12.0 Å². The van der Waals surface area contributed by atoms with Gasteiger partial charge in [0.25, 0.3) is 0 Å². The number of phenolic OH excluding ortho intramolecular Hbond substituents is 1. The molecule has 0 spiro atoms. The van der Waals surface area contributed by atoms with Crippen LogP contribution in [0.2, 0.25) is 0 Å². The van der Waals surface area contributed by atoms with Crippen LogP contribution in [0.15, 0.2) is 34.9 Å². The molecule has 3 rings (SSSR count). The number of benzene rings is 1. The molecule has 0 bridgehead atoms. The topological polar surface area (TPSA) is 49.5 Å². The van der Waals surface area contributed by atoms with Crippen LogP contribution in [0.4, 0.5) is 0 Å². The number of aryl methyl sites for hydroxylation is 1. The molecule has 1 fully saturated rings. The Morgan fingerprint density at radius 1 is 1.35 bits per heavy atom. The minimum atomic E-state index is 0.314. The summed E-state index contributed by atoms with van der Waals surface area (Å²) in [5.74, 6) is 1.30. The van der Waals surface area contributed by atoms with Crippen molar-refractivity contribution < 1.29 is 9.63 Å². The fourth-order valence-corrected chi connectivity index (χ4v) is 2.83. The third-order valence-electron chi connectivity index (χ3n) is 3.95. The highest BCUT2D eigenvalue weighted by Gasteiger charge is 2.29. The van der Waals surface area contributed by atoms with E-state index in [-0.39, 0.29) is 0 Å². The average Bonchev–Trinajstić information content (AvgIpc) is 3.09. The van der Waals surface area contributed by atoms with E-state index in [2.05, 4.69) is 23.0 Å². The van der Waals surface area contributed by atoms with Crippen molar-refractivity contribution >= 4 is 0 Å². The summed E-state index contributed by atoms with van der Waals surface area (Å²) in [5.41, 5.74) is 2.24. The lowest BCUT2D eigenvalue weighted by atomic mass is 10.1. The Hall–Kier alpha value is -1.81. The number of hydrogen-bond acceptors (Lipinski definition) is 4. The van der Waals surface area contributed by atoms with Crippen molar-refractivity contribution in [1.82, 2.24) is 10.1 Å². The molecule has 4 heteroatoms. The molecule has 4 nitrogen and oxygen atoms in total.